The van der Waals surface area contributed by atoms with Crippen molar-refractivity contribution in [2.75, 3.05) is 0 Å². The fraction of sp³-hybridized carbons (Fsp3) is 0.312. The van der Waals surface area contributed by atoms with Gasteiger partial charge in [0.1, 0.15) is 0 Å². The third-order valence-electron chi connectivity index (χ3n) is 3.24. The van der Waals surface area contributed by atoms with Crippen LogP contribution >= 0.6 is 27.3 Å². The summed E-state index contributed by atoms with van der Waals surface area (Å²) in [7, 11) is 0. The number of hydrogen-bond donors (Lipinski definition) is 2. The fourth-order valence-corrected chi connectivity index (χ4v) is 3.61. The molecule has 0 spiro atoms. The van der Waals surface area contributed by atoms with Gasteiger partial charge in [-0.15, -0.1) is 11.3 Å². The number of rotatable bonds is 6. The van der Waals surface area contributed by atoms with Gasteiger partial charge in [-0.1, -0.05) is 22.0 Å². The minimum Gasteiger partial charge on any atom is -0.478 e. The van der Waals surface area contributed by atoms with Crippen molar-refractivity contribution in [2.45, 2.75) is 32.9 Å². The lowest BCUT2D eigenvalue weighted by atomic mass is 10.1. The number of aromatic carboxylic acids is 1. The topological polar surface area (TPSA) is 49.3 Å². The van der Waals surface area contributed by atoms with E-state index < -0.39 is 5.97 Å². The number of carboxylic acids is 1. The molecule has 0 aliphatic heterocycles. The smallest absolute Gasteiger partial charge is 0.335 e. The van der Waals surface area contributed by atoms with Crippen LogP contribution in [0.25, 0.3) is 0 Å². The van der Waals surface area contributed by atoms with Gasteiger partial charge in [0, 0.05) is 26.8 Å². The Morgan fingerprint density at radius 2 is 2.14 bits per heavy atom. The Morgan fingerprint density at radius 3 is 2.71 bits per heavy atom. The molecule has 112 valence electrons. The Morgan fingerprint density at radius 1 is 1.38 bits per heavy atom. The first-order valence-corrected chi connectivity index (χ1v) is 8.37. The number of hydrogen-bond acceptors (Lipinski definition) is 3. The lowest BCUT2D eigenvalue weighted by molar-refractivity contribution is 0.0697. The van der Waals surface area contributed by atoms with Crippen molar-refractivity contribution < 1.29 is 9.90 Å². The average Bonchev–Trinajstić information content (AvgIpc) is 2.82. The van der Waals surface area contributed by atoms with E-state index in [4.69, 9.17) is 5.11 Å². The zero-order valence-electron chi connectivity index (χ0n) is 12.0. The molecule has 0 bridgehead atoms. The van der Waals surface area contributed by atoms with E-state index >= 15 is 0 Å². The number of carbonyl (C=O) groups is 1. The van der Waals surface area contributed by atoms with E-state index in [0.717, 1.165) is 16.5 Å². The minimum atomic E-state index is -0.906. The number of halogens is 1. The van der Waals surface area contributed by atoms with Crippen LogP contribution in [0.4, 0.5) is 0 Å². The molecule has 1 heterocycles. The highest BCUT2D eigenvalue weighted by molar-refractivity contribution is 9.10. The fourth-order valence-electron chi connectivity index (χ4n) is 2.08. The first-order valence-electron chi connectivity index (χ1n) is 6.76. The SMILES string of the molecule is Cc1ccc(CC(C)NCc2ccc(C(=O)O)cc2Br)s1. The number of aryl methyl sites for hydroxylation is 1. The van der Waals surface area contributed by atoms with Gasteiger partial charge in [0.25, 0.3) is 0 Å². The molecule has 0 saturated heterocycles. The van der Waals surface area contributed by atoms with Crippen molar-refractivity contribution in [3.05, 3.63) is 55.7 Å². The van der Waals surface area contributed by atoms with Crippen LogP contribution in [0.1, 0.15) is 32.6 Å². The maximum absolute atomic E-state index is 10.9. The first kappa shape index (κ1) is 16.2. The summed E-state index contributed by atoms with van der Waals surface area (Å²) in [6.45, 7) is 4.99. The van der Waals surface area contributed by atoms with Crippen molar-refractivity contribution in [1.82, 2.24) is 5.32 Å². The van der Waals surface area contributed by atoms with Crippen molar-refractivity contribution in [3.8, 4) is 0 Å². The van der Waals surface area contributed by atoms with Crippen LogP contribution in [0.5, 0.6) is 0 Å². The molecule has 5 heteroatoms. The number of thiophene rings is 1. The summed E-state index contributed by atoms with van der Waals surface area (Å²) in [5, 5.41) is 12.4. The molecule has 3 nitrogen and oxygen atoms in total. The summed E-state index contributed by atoms with van der Waals surface area (Å²) >= 11 is 5.27. The van der Waals surface area contributed by atoms with Crippen LogP contribution in [0, 0.1) is 6.92 Å². The molecule has 1 aromatic heterocycles. The maximum atomic E-state index is 10.9. The predicted octanol–water partition coefficient (Wildman–Crippen LogP) is 4.24. The minimum absolute atomic E-state index is 0.299. The quantitative estimate of drug-likeness (QED) is 0.802. The van der Waals surface area contributed by atoms with Gasteiger partial charge in [0.05, 0.1) is 5.56 Å². The number of carboxylic acid groups (broad SMARTS) is 1. The van der Waals surface area contributed by atoms with E-state index in [1.807, 2.05) is 17.4 Å². The van der Waals surface area contributed by atoms with E-state index in [1.54, 1.807) is 12.1 Å². The molecule has 0 aliphatic rings. The molecule has 21 heavy (non-hydrogen) atoms. The maximum Gasteiger partial charge on any atom is 0.335 e. The Balaban J connectivity index is 1.91. The van der Waals surface area contributed by atoms with Gasteiger partial charge < -0.3 is 10.4 Å². The van der Waals surface area contributed by atoms with Crippen LogP contribution in [0.3, 0.4) is 0 Å². The second-order valence-electron chi connectivity index (χ2n) is 5.11. The third-order valence-corrected chi connectivity index (χ3v) is 5.01. The van der Waals surface area contributed by atoms with Gasteiger partial charge in [0.15, 0.2) is 0 Å². The standard InChI is InChI=1S/C16H18BrNO2S/c1-10(7-14-6-3-11(2)21-14)18-9-13-5-4-12(16(19)20)8-15(13)17/h3-6,8,10,18H,7,9H2,1-2H3,(H,19,20). The van der Waals surface area contributed by atoms with Gasteiger partial charge in [-0.3, -0.25) is 0 Å². The molecular weight excluding hydrogens is 350 g/mol. The van der Waals surface area contributed by atoms with Crippen LogP contribution < -0.4 is 5.32 Å². The van der Waals surface area contributed by atoms with Gasteiger partial charge in [-0.2, -0.15) is 0 Å². The van der Waals surface area contributed by atoms with Gasteiger partial charge in [-0.25, -0.2) is 4.79 Å². The molecule has 0 saturated carbocycles. The summed E-state index contributed by atoms with van der Waals surface area (Å²) in [5.41, 5.74) is 1.36. The van der Waals surface area contributed by atoms with Crippen molar-refractivity contribution >= 4 is 33.2 Å². The van der Waals surface area contributed by atoms with Gasteiger partial charge in [-0.05, 0) is 50.1 Å². The largest absolute Gasteiger partial charge is 0.478 e. The van der Waals surface area contributed by atoms with E-state index in [-0.39, 0.29) is 0 Å². The monoisotopic (exact) mass is 367 g/mol. The van der Waals surface area contributed by atoms with Crippen LogP contribution in [0.2, 0.25) is 0 Å². The van der Waals surface area contributed by atoms with Crippen molar-refractivity contribution in [3.63, 3.8) is 0 Å². The molecule has 2 N–H and O–H groups in total. The summed E-state index contributed by atoms with van der Waals surface area (Å²) in [4.78, 5) is 13.6. The zero-order chi connectivity index (χ0) is 15.4. The summed E-state index contributed by atoms with van der Waals surface area (Å²) in [6, 6.07) is 9.82. The normalized spacial score (nSPS) is 12.3. The molecule has 2 rings (SSSR count). The second kappa shape index (κ2) is 7.20. The zero-order valence-corrected chi connectivity index (χ0v) is 14.4. The lowest BCUT2D eigenvalue weighted by Crippen LogP contribution is -2.27. The predicted molar refractivity (Wildman–Crippen MR) is 90.2 cm³/mol. The molecule has 1 aromatic carbocycles. The lowest BCUT2D eigenvalue weighted by Gasteiger charge is -2.14. The van der Waals surface area contributed by atoms with Crippen LogP contribution in [-0.4, -0.2) is 17.1 Å². The Bertz CT molecular complexity index is 639. The van der Waals surface area contributed by atoms with Gasteiger partial charge in [0.2, 0.25) is 0 Å². The highest BCUT2D eigenvalue weighted by Gasteiger charge is 2.09. The molecular formula is C16H18BrNO2S. The van der Waals surface area contributed by atoms with Crippen LogP contribution in [-0.2, 0) is 13.0 Å². The molecule has 1 unspecified atom stereocenters. The molecule has 2 aromatic rings. The highest BCUT2D eigenvalue weighted by atomic mass is 79.9. The molecule has 0 fully saturated rings. The Kier molecular flexibility index (Phi) is 5.56. The number of nitrogens with one attached hydrogen (secondary N) is 1. The van der Waals surface area contributed by atoms with E-state index in [9.17, 15) is 4.79 Å². The Hall–Kier alpha value is -1.17. The molecule has 0 radical (unpaired) electrons. The summed E-state index contributed by atoms with van der Waals surface area (Å²) < 4.78 is 0.828. The third kappa shape index (κ3) is 4.66. The average molecular weight is 368 g/mol. The molecule has 1 atom stereocenters. The first-order chi connectivity index (χ1) is 9.95. The van der Waals surface area contributed by atoms with Gasteiger partial charge >= 0.3 is 5.97 Å². The second-order valence-corrected chi connectivity index (χ2v) is 7.34. The van der Waals surface area contributed by atoms with E-state index in [1.165, 1.54) is 9.75 Å². The summed E-state index contributed by atoms with van der Waals surface area (Å²) in [5.74, 6) is -0.906. The van der Waals surface area contributed by atoms with Crippen molar-refractivity contribution in [2.24, 2.45) is 0 Å². The van der Waals surface area contributed by atoms with E-state index in [2.05, 4.69) is 47.2 Å². The Labute approximate surface area is 137 Å². The van der Waals surface area contributed by atoms with Crippen LogP contribution in [0.15, 0.2) is 34.8 Å². The van der Waals surface area contributed by atoms with E-state index in [0.29, 0.717) is 18.2 Å². The number of benzene rings is 1. The molecule has 0 amide bonds. The highest BCUT2D eigenvalue weighted by Crippen LogP contribution is 2.20. The summed E-state index contributed by atoms with van der Waals surface area (Å²) in [6.07, 6.45) is 1.00. The van der Waals surface area contributed by atoms with Crippen molar-refractivity contribution in [1.29, 1.82) is 0 Å². The molecule has 0 aliphatic carbocycles.